The number of anilines is 1. The lowest BCUT2D eigenvalue weighted by atomic mass is 10.2. The number of halogens is 1. The Morgan fingerprint density at radius 2 is 2.32 bits per heavy atom. The van der Waals surface area contributed by atoms with E-state index in [-0.39, 0.29) is 5.91 Å². The van der Waals surface area contributed by atoms with Crippen molar-refractivity contribution in [3.05, 3.63) is 22.3 Å². The van der Waals surface area contributed by atoms with Gasteiger partial charge in [-0.15, -0.1) is 0 Å². The third-order valence-corrected chi connectivity index (χ3v) is 3.84. The fraction of sp³-hybridized carbons (Fsp3) is 0.571. The van der Waals surface area contributed by atoms with Crippen molar-refractivity contribution in [2.24, 2.45) is 5.92 Å². The Kier molecular flexibility index (Phi) is 4.80. The number of rotatable bonds is 6. The van der Waals surface area contributed by atoms with Gasteiger partial charge in [-0.05, 0) is 40.8 Å². The van der Waals surface area contributed by atoms with E-state index in [9.17, 15) is 4.79 Å². The van der Waals surface area contributed by atoms with E-state index in [0.717, 1.165) is 30.3 Å². The largest absolute Gasteiger partial charge is 0.369 e. The van der Waals surface area contributed by atoms with Gasteiger partial charge < -0.3 is 10.6 Å². The highest BCUT2D eigenvalue weighted by molar-refractivity contribution is 9.10. The maximum absolute atomic E-state index is 12.3. The fourth-order valence-electron chi connectivity index (χ4n) is 2.12. The monoisotopic (exact) mass is 325 g/mol. The second kappa shape index (κ2) is 6.37. The first-order valence-corrected chi connectivity index (χ1v) is 7.65. The number of hydrogen-bond donors (Lipinski definition) is 2. The molecule has 2 N–H and O–H groups in total. The Hall–Kier alpha value is -1.10. The van der Waals surface area contributed by atoms with E-state index in [2.05, 4.69) is 45.4 Å². The average molecular weight is 326 g/mol. The van der Waals surface area contributed by atoms with Crippen LogP contribution in [0.25, 0.3) is 0 Å². The van der Waals surface area contributed by atoms with Crippen LogP contribution in [0.1, 0.15) is 43.5 Å². The topological polar surface area (TPSA) is 54.0 Å². The summed E-state index contributed by atoms with van der Waals surface area (Å²) in [5, 5.41) is 6.27. The Balaban J connectivity index is 2.08. The molecule has 2 rings (SSSR count). The predicted octanol–water partition coefficient (Wildman–Crippen LogP) is 3.19. The molecule has 0 bridgehead atoms. The van der Waals surface area contributed by atoms with Crippen LogP contribution < -0.4 is 10.6 Å². The van der Waals surface area contributed by atoms with Gasteiger partial charge in [0.1, 0.15) is 5.82 Å². The third-order valence-electron chi connectivity index (χ3n) is 3.40. The van der Waals surface area contributed by atoms with Crippen LogP contribution in [-0.4, -0.2) is 23.5 Å². The van der Waals surface area contributed by atoms with Crippen molar-refractivity contribution in [1.82, 2.24) is 10.3 Å². The quantitative estimate of drug-likeness (QED) is 0.844. The van der Waals surface area contributed by atoms with Crippen molar-refractivity contribution in [2.75, 3.05) is 11.9 Å². The highest BCUT2D eigenvalue weighted by atomic mass is 79.9. The highest BCUT2D eigenvalue weighted by Crippen LogP contribution is 2.33. The van der Waals surface area contributed by atoms with Crippen LogP contribution in [0.3, 0.4) is 0 Å². The summed E-state index contributed by atoms with van der Waals surface area (Å²) in [5.41, 5.74) is 0.615. The van der Waals surface area contributed by atoms with E-state index in [1.54, 1.807) is 6.20 Å². The van der Waals surface area contributed by atoms with Crippen LogP contribution in [0, 0.1) is 5.92 Å². The molecule has 1 aromatic rings. The molecule has 1 amide bonds. The summed E-state index contributed by atoms with van der Waals surface area (Å²) < 4.78 is 0.822. The van der Waals surface area contributed by atoms with Crippen LogP contribution in [-0.2, 0) is 0 Å². The van der Waals surface area contributed by atoms with E-state index < -0.39 is 0 Å². The van der Waals surface area contributed by atoms with Crippen LogP contribution in [0.15, 0.2) is 16.7 Å². The molecule has 1 aliphatic rings. The van der Waals surface area contributed by atoms with Gasteiger partial charge in [0.25, 0.3) is 5.91 Å². The van der Waals surface area contributed by atoms with Gasteiger partial charge in [0.2, 0.25) is 0 Å². The molecule has 104 valence electrons. The lowest BCUT2D eigenvalue weighted by molar-refractivity contribution is 0.0949. The summed E-state index contributed by atoms with van der Waals surface area (Å²) in [6.45, 7) is 5.06. The Labute approximate surface area is 122 Å². The first-order valence-electron chi connectivity index (χ1n) is 6.86. The van der Waals surface area contributed by atoms with E-state index in [1.165, 1.54) is 0 Å². The van der Waals surface area contributed by atoms with Crippen LogP contribution >= 0.6 is 15.9 Å². The smallest absolute Gasteiger partial charge is 0.255 e. The number of amides is 1. The SMILES string of the molecule is CCCNc1ncc(Br)cc1C(=O)NC1CC1CC. The standard InChI is InChI=1S/C14H20BrN3O/c1-3-5-16-13-11(7-10(15)8-17-13)14(19)18-12-6-9(12)4-2/h7-9,12H,3-6H2,1-2H3,(H,16,17)(H,18,19). The van der Waals surface area contributed by atoms with Gasteiger partial charge in [0.05, 0.1) is 5.56 Å². The number of nitrogens with zero attached hydrogens (tertiary/aromatic N) is 1. The summed E-state index contributed by atoms with van der Waals surface area (Å²) in [6.07, 6.45) is 4.93. The molecule has 1 heterocycles. The molecule has 2 atom stereocenters. The van der Waals surface area contributed by atoms with Gasteiger partial charge in [-0.2, -0.15) is 0 Å². The summed E-state index contributed by atoms with van der Waals surface area (Å²) in [6, 6.07) is 2.17. The molecule has 0 spiro atoms. The molecule has 1 aromatic heterocycles. The van der Waals surface area contributed by atoms with Gasteiger partial charge in [-0.3, -0.25) is 4.79 Å². The van der Waals surface area contributed by atoms with Crippen LogP contribution in [0.5, 0.6) is 0 Å². The van der Waals surface area contributed by atoms with E-state index in [0.29, 0.717) is 23.3 Å². The molecule has 5 heteroatoms. The molecule has 0 aromatic carbocycles. The van der Waals surface area contributed by atoms with Crippen molar-refractivity contribution in [3.8, 4) is 0 Å². The zero-order valence-corrected chi connectivity index (χ0v) is 13.0. The zero-order valence-electron chi connectivity index (χ0n) is 11.4. The molecular formula is C14H20BrN3O. The number of aromatic nitrogens is 1. The van der Waals surface area contributed by atoms with E-state index >= 15 is 0 Å². The number of pyridine rings is 1. The maximum atomic E-state index is 12.3. The first kappa shape index (κ1) is 14.3. The van der Waals surface area contributed by atoms with Crippen molar-refractivity contribution in [1.29, 1.82) is 0 Å². The van der Waals surface area contributed by atoms with Gasteiger partial charge in [0.15, 0.2) is 0 Å². The van der Waals surface area contributed by atoms with Crippen molar-refractivity contribution in [2.45, 2.75) is 39.2 Å². The molecule has 0 saturated heterocycles. The van der Waals surface area contributed by atoms with Crippen molar-refractivity contribution in [3.63, 3.8) is 0 Å². The van der Waals surface area contributed by atoms with Crippen molar-refractivity contribution < 1.29 is 4.79 Å². The van der Waals surface area contributed by atoms with Gasteiger partial charge >= 0.3 is 0 Å². The maximum Gasteiger partial charge on any atom is 0.255 e. The minimum atomic E-state index is -0.0339. The molecule has 0 aliphatic heterocycles. The fourth-order valence-corrected chi connectivity index (χ4v) is 2.45. The predicted molar refractivity (Wildman–Crippen MR) is 80.4 cm³/mol. The second-order valence-corrected chi connectivity index (χ2v) is 5.88. The normalized spacial score (nSPS) is 21.0. The lowest BCUT2D eigenvalue weighted by Gasteiger charge is -2.11. The summed E-state index contributed by atoms with van der Waals surface area (Å²) in [5.74, 6) is 1.28. The average Bonchev–Trinajstić information content (AvgIpc) is 3.15. The molecular weight excluding hydrogens is 306 g/mol. The number of carbonyl (C=O) groups is 1. The molecule has 1 fully saturated rings. The Morgan fingerprint density at radius 3 is 2.95 bits per heavy atom. The highest BCUT2D eigenvalue weighted by Gasteiger charge is 2.36. The number of nitrogens with one attached hydrogen (secondary N) is 2. The zero-order chi connectivity index (χ0) is 13.8. The summed E-state index contributed by atoms with van der Waals surface area (Å²) in [7, 11) is 0. The molecule has 0 radical (unpaired) electrons. The number of hydrogen-bond acceptors (Lipinski definition) is 3. The second-order valence-electron chi connectivity index (χ2n) is 4.96. The van der Waals surface area contributed by atoms with Crippen molar-refractivity contribution >= 4 is 27.7 Å². The molecule has 1 saturated carbocycles. The molecule has 19 heavy (non-hydrogen) atoms. The molecule has 4 nitrogen and oxygen atoms in total. The van der Waals surface area contributed by atoms with E-state index in [1.807, 2.05) is 6.07 Å². The minimum Gasteiger partial charge on any atom is -0.369 e. The van der Waals surface area contributed by atoms with Crippen LogP contribution in [0.2, 0.25) is 0 Å². The van der Waals surface area contributed by atoms with E-state index in [4.69, 9.17) is 0 Å². The minimum absolute atomic E-state index is 0.0339. The summed E-state index contributed by atoms with van der Waals surface area (Å²) in [4.78, 5) is 16.6. The Bertz CT molecular complexity index is 464. The summed E-state index contributed by atoms with van der Waals surface area (Å²) >= 11 is 3.37. The Morgan fingerprint density at radius 1 is 1.53 bits per heavy atom. The number of carbonyl (C=O) groups excluding carboxylic acids is 1. The van der Waals surface area contributed by atoms with Crippen LogP contribution in [0.4, 0.5) is 5.82 Å². The van der Waals surface area contributed by atoms with Gasteiger partial charge in [-0.25, -0.2) is 4.98 Å². The molecule has 1 aliphatic carbocycles. The third kappa shape index (κ3) is 3.69. The first-order chi connectivity index (χ1) is 9.15. The van der Waals surface area contributed by atoms with Gasteiger partial charge in [0, 0.05) is 23.3 Å². The lowest BCUT2D eigenvalue weighted by Crippen LogP contribution is -2.28. The van der Waals surface area contributed by atoms with Gasteiger partial charge in [-0.1, -0.05) is 20.3 Å². The molecule has 2 unspecified atom stereocenters.